The standard InChI is InChI=1S/C12H9NO3/c14-12(15)9-3-1-2-8-7-4-5-16-10(7)6-13-11(8)9/h1-3,6H,4-5H2,(H,14,15). The third-order valence-electron chi connectivity index (χ3n) is 2.81. The maximum Gasteiger partial charge on any atom is 0.337 e. The third kappa shape index (κ3) is 1.16. The lowest BCUT2D eigenvalue weighted by atomic mass is 10.0. The van der Waals surface area contributed by atoms with E-state index in [1.165, 1.54) is 0 Å². The van der Waals surface area contributed by atoms with Crippen molar-refractivity contribution in [1.29, 1.82) is 0 Å². The SMILES string of the molecule is O=C(O)c1cccc2c3c(cnc12)OCC3. The molecule has 0 radical (unpaired) electrons. The number of fused-ring (bicyclic) bond motifs is 3. The van der Waals surface area contributed by atoms with Crippen LogP contribution in [-0.4, -0.2) is 22.7 Å². The van der Waals surface area contributed by atoms with Crippen LogP contribution in [0.15, 0.2) is 24.4 Å². The van der Waals surface area contributed by atoms with Gasteiger partial charge in [0.1, 0.15) is 5.75 Å². The molecule has 1 aliphatic rings. The number of aromatic nitrogens is 1. The zero-order valence-electron chi connectivity index (χ0n) is 8.43. The van der Waals surface area contributed by atoms with E-state index < -0.39 is 5.97 Å². The minimum atomic E-state index is -0.947. The molecule has 3 rings (SSSR count). The highest BCUT2D eigenvalue weighted by molar-refractivity contribution is 6.03. The molecule has 0 bridgehead atoms. The number of aromatic carboxylic acids is 1. The lowest BCUT2D eigenvalue weighted by Gasteiger charge is -2.05. The zero-order chi connectivity index (χ0) is 11.1. The Labute approximate surface area is 91.5 Å². The maximum atomic E-state index is 11.0. The number of carboxylic acid groups (broad SMARTS) is 1. The highest BCUT2D eigenvalue weighted by Crippen LogP contribution is 2.31. The molecule has 0 amide bonds. The van der Waals surface area contributed by atoms with Gasteiger partial charge in [0.05, 0.1) is 23.9 Å². The van der Waals surface area contributed by atoms with E-state index in [0.717, 1.165) is 23.1 Å². The van der Waals surface area contributed by atoms with Crippen molar-refractivity contribution in [3.63, 3.8) is 0 Å². The van der Waals surface area contributed by atoms with Crippen LogP contribution in [0.25, 0.3) is 10.9 Å². The molecule has 0 spiro atoms. The Morgan fingerprint density at radius 2 is 2.31 bits per heavy atom. The van der Waals surface area contributed by atoms with Crippen LogP contribution >= 0.6 is 0 Å². The summed E-state index contributed by atoms with van der Waals surface area (Å²) in [5.74, 6) is -0.174. The van der Waals surface area contributed by atoms with E-state index in [1.807, 2.05) is 6.07 Å². The predicted octanol–water partition coefficient (Wildman–Crippen LogP) is 1.87. The fraction of sp³-hybridized carbons (Fsp3) is 0.167. The molecule has 1 aliphatic heterocycles. The van der Waals surface area contributed by atoms with Crippen LogP contribution < -0.4 is 4.74 Å². The summed E-state index contributed by atoms with van der Waals surface area (Å²) in [6.45, 7) is 0.646. The molecule has 0 aliphatic carbocycles. The van der Waals surface area contributed by atoms with Crippen molar-refractivity contribution in [2.24, 2.45) is 0 Å². The summed E-state index contributed by atoms with van der Waals surface area (Å²) in [5, 5.41) is 9.94. The third-order valence-corrected chi connectivity index (χ3v) is 2.81. The van der Waals surface area contributed by atoms with E-state index in [0.29, 0.717) is 12.1 Å². The summed E-state index contributed by atoms with van der Waals surface area (Å²) in [5.41, 5.74) is 1.85. The number of carbonyl (C=O) groups is 1. The summed E-state index contributed by atoms with van der Waals surface area (Å²) in [6, 6.07) is 5.20. The van der Waals surface area contributed by atoms with Gasteiger partial charge >= 0.3 is 5.97 Å². The Bertz CT molecular complexity index is 592. The van der Waals surface area contributed by atoms with Crippen molar-refractivity contribution in [2.75, 3.05) is 6.61 Å². The van der Waals surface area contributed by atoms with Crippen molar-refractivity contribution >= 4 is 16.9 Å². The first kappa shape index (κ1) is 9.15. The monoisotopic (exact) mass is 215 g/mol. The molecule has 2 aromatic rings. The largest absolute Gasteiger partial charge is 0.491 e. The second-order valence-electron chi connectivity index (χ2n) is 3.71. The van der Waals surface area contributed by atoms with Crippen molar-refractivity contribution in [2.45, 2.75) is 6.42 Å². The van der Waals surface area contributed by atoms with E-state index >= 15 is 0 Å². The Balaban J connectivity index is 2.39. The molecular formula is C12H9NO3. The van der Waals surface area contributed by atoms with E-state index in [4.69, 9.17) is 9.84 Å². The van der Waals surface area contributed by atoms with Crippen LogP contribution in [0.1, 0.15) is 15.9 Å². The second-order valence-corrected chi connectivity index (χ2v) is 3.71. The molecule has 0 atom stereocenters. The molecule has 4 nitrogen and oxygen atoms in total. The topological polar surface area (TPSA) is 59.4 Å². The van der Waals surface area contributed by atoms with Gasteiger partial charge in [-0.3, -0.25) is 4.98 Å². The Morgan fingerprint density at radius 1 is 1.44 bits per heavy atom. The van der Waals surface area contributed by atoms with E-state index in [1.54, 1.807) is 18.3 Å². The van der Waals surface area contributed by atoms with E-state index in [-0.39, 0.29) is 5.56 Å². The predicted molar refractivity (Wildman–Crippen MR) is 57.9 cm³/mol. The first-order valence-electron chi connectivity index (χ1n) is 5.04. The number of ether oxygens (including phenoxy) is 1. The lowest BCUT2D eigenvalue weighted by molar-refractivity contribution is 0.0699. The molecule has 1 aromatic heterocycles. The van der Waals surface area contributed by atoms with Gasteiger partial charge in [-0.15, -0.1) is 0 Å². The van der Waals surface area contributed by atoms with Crippen LogP contribution in [0.2, 0.25) is 0 Å². The molecular weight excluding hydrogens is 206 g/mol. The fourth-order valence-electron chi connectivity index (χ4n) is 2.08. The number of hydrogen-bond donors (Lipinski definition) is 1. The number of nitrogens with zero attached hydrogens (tertiary/aromatic N) is 1. The highest BCUT2D eigenvalue weighted by atomic mass is 16.5. The average molecular weight is 215 g/mol. The van der Waals surface area contributed by atoms with Crippen molar-refractivity contribution in [3.05, 3.63) is 35.5 Å². The summed E-state index contributed by atoms with van der Waals surface area (Å²) >= 11 is 0. The summed E-state index contributed by atoms with van der Waals surface area (Å²) < 4.78 is 5.40. The minimum Gasteiger partial charge on any atom is -0.491 e. The van der Waals surface area contributed by atoms with Gasteiger partial charge in [-0.1, -0.05) is 12.1 Å². The van der Waals surface area contributed by atoms with Gasteiger partial charge in [0, 0.05) is 17.4 Å². The molecule has 0 fully saturated rings. The van der Waals surface area contributed by atoms with Crippen molar-refractivity contribution in [3.8, 4) is 5.75 Å². The Kier molecular flexibility index (Phi) is 1.83. The first-order chi connectivity index (χ1) is 7.77. The number of benzene rings is 1. The molecule has 16 heavy (non-hydrogen) atoms. The number of rotatable bonds is 1. The van der Waals surface area contributed by atoms with Gasteiger partial charge in [0.2, 0.25) is 0 Å². The molecule has 1 N–H and O–H groups in total. The van der Waals surface area contributed by atoms with E-state index in [2.05, 4.69) is 4.98 Å². The Hall–Kier alpha value is -2.10. The summed E-state index contributed by atoms with van der Waals surface area (Å²) in [4.78, 5) is 15.2. The van der Waals surface area contributed by atoms with Crippen molar-refractivity contribution in [1.82, 2.24) is 4.98 Å². The van der Waals surface area contributed by atoms with Gasteiger partial charge in [0.15, 0.2) is 0 Å². The molecule has 4 heteroatoms. The maximum absolute atomic E-state index is 11.0. The van der Waals surface area contributed by atoms with Crippen molar-refractivity contribution < 1.29 is 14.6 Å². The van der Waals surface area contributed by atoms with Crippen LogP contribution in [0.5, 0.6) is 5.75 Å². The van der Waals surface area contributed by atoms with Gasteiger partial charge < -0.3 is 9.84 Å². The molecule has 0 saturated heterocycles. The Morgan fingerprint density at radius 3 is 3.12 bits per heavy atom. The average Bonchev–Trinajstić information content (AvgIpc) is 2.76. The molecule has 2 heterocycles. The number of pyridine rings is 1. The molecule has 0 saturated carbocycles. The molecule has 1 aromatic carbocycles. The van der Waals surface area contributed by atoms with Crippen LogP contribution in [-0.2, 0) is 6.42 Å². The second kappa shape index (κ2) is 3.20. The fourth-order valence-corrected chi connectivity index (χ4v) is 2.08. The molecule has 0 unspecified atom stereocenters. The van der Waals surface area contributed by atoms with E-state index in [9.17, 15) is 4.79 Å². The zero-order valence-corrected chi connectivity index (χ0v) is 8.43. The quantitative estimate of drug-likeness (QED) is 0.788. The summed E-state index contributed by atoms with van der Waals surface area (Å²) in [6.07, 6.45) is 2.43. The number of para-hydroxylation sites is 1. The van der Waals surface area contributed by atoms with Gasteiger partial charge in [-0.2, -0.15) is 0 Å². The van der Waals surface area contributed by atoms with Gasteiger partial charge in [-0.25, -0.2) is 4.79 Å². The van der Waals surface area contributed by atoms with Gasteiger partial charge in [0.25, 0.3) is 0 Å². The van der Waals surface area contributed by atoms with Crippen LogP contribution in [0.4, 0.5) is 0 Å². The highest BCUT2D eigenvalue weighted by Gasteiger charge is 2.18. The normalized spacial score (nSPS) is 13.5. The number of hydrogen-bond acceptors (Lipinski definition) is 3. The minimum absolute atomic E-state index is 0.243. The lowest BCUT2D eigenvalue weighted by Crippen LogP contribution is -1.99. The van der Waals surface area contributed by atoms with Crippen LogP contribution in [0.3, 0.4) is 0 Å². The molecule has 80 valence electrons. The van der Waals surface area contributed by atoms with Crippen LogP contribution in [0, 0.1) is 0 Å². The summed E-state index contributed by atoms with van der Waals surface area (Å²) in [7, 11) is 0. The van der Waals surface area contributed by atoms with Gasteiger partial charge in [-0.05, 0) is 6.07 Å². The first-order valence-corrected chi connectivity index (χ1v) is 5.04. The smallest absolute Gasteiger partial charge is 0.337 e. The number of carboxylic acids is 1.